The normalized spacial score (nSPS) is 13.7. The quantitative estimate of drug-likeness (QED) is 0.835. The summed E-state index contributed by atoms with van der Waals surface area (Å²) in [7, 11) is 0.176. The number of hydrogen-bond acceptors (Lipinski definition) is 2. The minimum absolute atomic E-state index is 0.163. The minimum Gasteiger partial charge on any atom is -0.494 e. The molecule has 0 saturated carbocycles. The molecule has 2 atom stereocenters. The van der Waals surface area contributed by atoms with Crippen molar-refractivity contribution in [3.8, 4) is 5.75 Å². The van der Waals surface area contributed by atoms with Gasteiger partial charge in [-0.3, -0.25) is 4.21 Å². The lowest BCUT2D eigenvalue weighted by atomic mass is 10.2. The van der Waals surface area contributed by atoms with Crippen LogP contribution in [0.1, 0.15) is 23.3 Å². The van der Waals surface area contributed by atoms with Crippen molar-refractivity contribution in [1.82, 2.24) is 0 Å². The second kappa shape index (κ2) is 6.80. The van der Waals surface area contributed by atoms with Crippen LogP contribution < -0.4 is 4.74 Å². The molecule has 5 heteroatoms. The highest BCUT2D eigenvalue weighted by Gasteiger charge is 2.15. The molecule has 0 N–H and O–H groups in total. The summed E-state index contributed by atoms with van der Waals surface area (Å²) in [6, 6.07) is 10.5. The van der Waals surface area contributed by atoms with Crippen molar-refractivity contribution in [2.24, 2.45) is 0 Å². The molecule has 0 unspecified atom stereocenters. The fourth-order valence-electron chi connectivity index (χ4n) is 1.97. The third-order valence-corrected chi connectivity index (χ3v) is 4.94. The number of rotatable bonds is 5. The Hall–Kier alpha value is -1.75. The van der Waals surface area contributed by atoms with Crippen molar-refractivity contribution in [2.45, 2.75) is 17.9 Å². The molecular formula is C16H16F2O2S. The molecule has 2 aromatic carbocycles. The molecular weight excluding hydrogens is 294 g/mol. The molecule has 2 rings (SSSR count). The first-order valence-corrected chi connectivity index (χ1v) is 7.84. The van der Waals surface area contributed by atoms with E-state index in [4.69, 9.17) is 4.74 Å². The third kappa shape index (κ3) is 3.88. The second-order valence-electron chi connectivity index (χ2n) is 4.69. The highest BCUT2D eigenvalue weighted by Crippen LogP contribution is 2.24. The predicted octanol–water partition coefficient (Wildman–Crippen LogP) is 3.98. The predicted molar refractivity (Wildman–Crippen MR) is 79.6 cm³/mol. The van der Waals surface area contributed by atoms with Gasteiger partial charge in [0.1, 0.15) is 5.82 Å². The van der Waals surface area contributed by atoms with Crippen LogP contribution in [0.4, 0.5) is 8.78 Å². The molecule has 0 spiro atoms. The van der Waals surface area contributed by atoms with Gasteiger partial charge >= 0.3 is 0 Å². The van der Waals surface area contributed by atoms with Crippen LogP contribution in [0.3, 0.4) is 0 Å². The van der Waals surface area contributed by atoms with E-state index in [1.165, 1.54) is 31.4 Å². The Kier molecular flexibility index (Phi) is 5.07. The first kappa shape index (κ1) is 15.6. The Labute approximate surface area is 125 Å². The summed E-state index contributed by atoms with van der Waals surface area (Å²) in [5.41, 5.74) is 1.43. The molecule has 112 valence electrons. The topological polar surface area (TPSA) is 26.3 Å². The smallest absolute Gasteiger partial charge is 0.165 e. The van der Waals surface area contributed by atoms with Crippen LogP contribution in [0.25, 0.3) is 0 Å². The van der Waals surface area contributed by atoms with Crippen LogP contribution in [0.5, 0.6) is 5.75 Å². The van der Waals surface area contributed by atoms with Gasteiger partial charge in [-0.05, 0) is 42.3 Å². The van der Waals surface area contributed by atoms with E-state index in [2.05, 4.69) is 0 Å². The van der Waals surface area contributed by atoms with Gasteiger partial charge < -0.3 is 4.74 Å². The fourth-order valence-corrected chi connectivity index (χ4v) is 3.19. The van der Waals surface area contributed by atoms with Crippen molar-refractivity contribution >= 4 is 10.8 Å². The summed E-state index contributed by atoms with van der Waals surface area (Å²) in [5.74, 6) is -0.397. The van der Waals surface area contributed by atoms with Crippen LogP contribution >= 0.6 is 0 Å². The summed E-state index contributed by atoms with van der Waals surface area (Å²) in [6.07, 6.45) is 0. The lowest BCUT2D eigenvalue weighted by Crippen LogP contribution is -2.06. The Morgan fingerprint density at radius 3 is 2.38 bits per heavy atom. The van der Waals surface area contributed by atoms with Crippen LogP contribution in [0, 0.1) is 11.6 Å². The lowest BCUT2D eigenvalue weighted by Gasteiger charge is -2.12. The Balaban J connectivity index is 2.10. The third-order valence-electron chi connectivity index (χ3n) is 3.26. The largest absolute Gasteiger partial charge is 0.494 e. The van der Waals surface area contributed by atoms with E-state index in [-0.39, 0.29) is 22.6 Å². The first-order chi connectivity index (χ1) is 10.0. The van der Waals surface area contributed by atoms with Gasteiger partial charge in [-0.1, -0.05) is 18.2 Å². The van der Waals surface area contributed by atoms with Gasteiger partial charge in [-0.15, -0.1) is 0 Å². The van der Waals surface area contributed by atoms with Gasteiger partial charge in [-0.25, -0.2) is 8.78 Å². The molecule has 0 radical (unpaired) electrons. The number of hydrogen-bond donors (Lipinski definition) is 0. The average molecular weight is 310 g/mol. The molecule has 21 heavy (non-hydrogen) atoms. The summed E-state index contributed by atoms with van der Waals surface area (Å²) in [4.78, 5) is 0. The van der Waals surface area contributed by atoms with E-state index in [9.17, 15) is 13.0 Å². The van der Waals surface area contributed by atoms with Crippen LogP contribution in [0.15, 0.2) is 42.5 Å². The summed E-state index contributed by atoms with van der Waals surface area (Å²) < 4.78 is 43.7. The SMILES string of the molecule is COc1ccc(C[S@@](=O)[C@@H](C)c2ccc(F)cc2)cc1F. The van der Waals surface area contributed by atoms with Gasteiger partial charge in [-0.2, -0.15) is 0 Å². The Morgan fingerprint density at radius 1 is 1.14 bits per heavy atom. The highest BCUT2D eigenvalue weighted by atomic mass is 32.2. The van der Waals surface area contributed by atoms with E-state index in [0.29, 0.717) is 5.56 Å². The average Bonchev–Trinajstić information content (AvgIpc) is 2.47. The van der Waals surface area contributed by atoms with Crippen molar-refractivity contribution < 1.29 is 17.7 Å². The molecule has 0 bridgehead atoms. The van der Waals surface area contributed by atoms with E-state index in [1.54, 1.807) is 18.2 Å². The van der Waals surface area contributed by atoms with E-state index < -0.39 is 16.6 Å². The van der Waals surface area contributed by atoms with E-state index >= 15 is 0 Å². The number of benzene rings is 2. The molecule has 0 aromatic heterocycles. The van der Waals surface area contributed by atoms with Crippen LogP contribution in [-0.4, -0.2) is 11.3 Å². The highest BCUT2D eigenvalue weighted by molar-refractivity contribution is 7.84. The molecule has 0 aliphatic carbocycles. The van der Waals surface area contributed by atoms with E-state index in [0.717, 1.165) is 5.56 Å². The van der Waals surface area contributed by atoms with Crippen molar-refractivity contribution in [2.75, 3.05) is 7.11 Å². The van der Waals surface area contributed by atoms with E-state index in [1.807, 2.05) is 6.92 Å². The van der Waals surface area contributed by atoms with Gasteiger partial charge in [0, 0.05) is 16.6 Å². The number of halogens is 2. The maximum Gasteiger partial charge on any atom is 0.165 e. The molecule has 0 aliphatic heterocycles. The van der Waals surface area contributed by atoms with Crippen LogP contribution in [-0.2, 0) is 16.6 Å². The van der Waals surface area contributed by atoms with Gasteiger partial charge in [0.25, 0.3) is 0 Å². The number of ether oxygens (including phenoxy) is 1. The summed E-state index contributed by atoms with van der Waals surface area (Å²) in [6.45, 7) is 1.81. The Morgan fingerprint density at radius 2 is 1.81 bits per heavy atom. The molecule has 0 aliphatic rings. The zero-order chi connectivity index (χ0) is 15.4. The van der Waals surface area contributed by atoms with Crippen LogP contribution in [0.2, 0.25) is 0 Å². The first-order valence-electron chi connectivity index (χ1n) is 6.46. The second-order valence-corrected chi connectivity index (χ2v) is 6.45. The summed E-state index contributed by atoms with van der Waals surface area (Å²) >= 11 is 0. The van der Waals surface area contributed by atoms with Crippen molar-refractivity contribution in [3.63, 3.8) is 0 Å². The zero-order valence-electron chi connectivity index (χ0n) is 11.8. The molecule has 0 saturated heterocycles. The molecule has 2 nitrogen and oxygen atoms in total. The maximum atomic E-state index is 13.6. The zero-order valence-corrected chi connectivity index (χ0v) is 12.6. The lowest BCUT2D eigenvalue weighted by molar-refractivity contribution is 0.386. The van der Waals surface area contributed by atoms with Crippen molar-refractivity contribution in [1.29, 1.82) is 0 Å². The fraction of sp³-hybridized carbons (Fsp3) is 0.250. The Bertz CT molecular complexity index is 641. The van der Waals surface area contributed by atoms with Gasteiger partial charge in [0.2, 0.25) is 0 Å². The monoisotopic (exact) mass is 310 g/mol. The molecule has 2 aromatic rings. The van der Waals surface area contributed by atoms with Crippen molar-refractivity contribution in [3.05, 3.63) is 65.2 Å². The van der Waals surface area contributed by atoms with Gasteiger partial charge in [0.05, 0.1) is 12.4 Å². The molecule has 0 fully saturated rings. The molecule has 0 heterocycles. The molecule has 0 amide bonds. The summed E-state index contributed by atoms with van der Waals surface area (Å²) in [5, 5.41) is -0.254. The minimum atomic E-state index is -1.22. The van der Waals surface area contributed by atoms with Gasteiger partial charge in [0.15, 0.2) is 11.6 Å². The number of methoxy groups -OCH3 is 1. The maximum absolute atomic E-state index is 13.6. The standard InChI is InChI=1S/C16H16F2O2S/c1-11(13-4-6-14(17)7-5-13)21(19)10-12-3-8-16(20-2)15(18)9-12/h3-9,11H,10H2,1-2H3/t11-,21+/m0/s1.